The molecule has 1 aliphatic heterocycles. The summed E-state index contributed by atoms with van der Waals surface area (Å²) in [6.45, 7) is 3.88. The Kier molecular flexibility index (Phi) is 6.34. The standard InChI is InChI=1S/C23H23N5O5/c1-13(2)32-15-9-7-14(8-10-15)21-27-20(33-28-21)12-24-19(29)11-18-23(31)25-17-6-4-3-5-16(17)22(30)26-18/h3-10,13,18H,11-12H2,1-2H3,(H,24,29)(H,25,31)(H,26,30)/t18-/m0/s1. The first-order valence-electron chi connectivity index (χ1n) is 10.5. The van der Waals surface area contributed by atoms with E-state index in [1.54, 1.807) is 24.3 Å². The molecule has 1 aromatic heterocycles. The van der Waals surface area contributed by atoms with Gasteiger partial charge in [-0.2, -0.15) is 4.98 Å². The number of aromatic nitrogens is 2. The fourth-order valence-electron chi connectivity index (χ4n) is 3.29. The van der Waals surface area contributed by atoms with Crippen LogP contribution in [0.25, 0.3) is 11.4 Å². The smallest absolute Gasteiger partial charge is 0.254 e. The number of ether oxygens (including phenoxy) is 1. The van der Waals surface area contributed by atoms with Crippen molar-refractivity contribution >= 4 is 23.4 Å². The minimum Gasteiger partial charge on any atom is -0.491 e. The minimum absolute atomic E-state index is 0.0110. The average molecular weight is 449 g/mol. The summed E-state index contributed by atoms with van der Waals surface area (Å²) < 4.78 is 10.8. The lowest BCUT2D eigenvalue weighted by Crippen LogP contribution is -2.44. The van der Waals surface area contributed by atoms with Gasteiger partial charge >= 0.3 is 0 Å². The molecule has 1 atom stereocenters. The predicted molar refractivity (Wildman–Crippen MR) is 118 cm³/mol. The molecule has 0 aliphatic carbocycles. The van der Waals surface area contributed by atoms with Gasteiger partial charge in [-0.05, 0) is 50.2 Å². The lowest BCUT2D eigenvalue weighted by molar-refractivity contribution is -0.125. The minimum atomic E-state index is -1.00. The van der Waals surface area contributed by atoms with Gasteiger partial charge in [-0.15, -0.1) is 0 Å². The van der Waals surface area contributed by atoms with Gasteiger partial charge in [0.15, 0.2) is 0 Å². The number of fused-ring (bicyclic) bond motifs is 1. The fraction of sp³-hybridized carbons (Fsp3) is 0.261. The Labute approximate surface area is 189 Å². The van der Waals surface area contributed by atoms with E-state index in [0.29, 0.717) is 17.1 Å². The lowest BCUT2D eigenvalue weighted by Gasteiger charge is -2.13. The first-order chi connectivity index (χ1) is 15.9. The third-order valence-electron chi connectivity index (χ3n) is 4.83. The summed E-state index contributed by atoms with van der Waals surface area (Å²) in [4.78, 5) is 41.4. The Hall–Kier alpha value is -4.21. The molecule has 0 fully saturated rings. The zero-order valence-corrected chi connectivity index (χ0v) is 18.1. The molecule has 0 saturated heterocycles. The van der Waals surface area contributed by atoms with Crippen molar-refractivity contribution in [3.63, 3.8) is 0 Å². The number of amides is 3. The maximum absolute atomic E-state index is 12.4. The maximum atomic E-state index is 12.4. The molecule has 170 valence electrons. The Morgan fingerprint density at radius 1 is 1.15 bits per heavy atom. The highest BCUT2D eigenvalue weighted by Crippen LogP contribution is 2.21. The van der Waals surface area contributed by atoms with Gasteiger partial charge in [0.05, 0.1) is 30.3 Å². The average Bonchev–Trinajstić information content (AvgIpc) is 3.22. The van der Waals surface area contributed by atoms with Crippen molar-refractivity contribution < 1.29 is 23.6 Å². The summed E-state index contributed by atoms with van der Waals surface area (Å²) >= 11 is 0. The molecule has 1 aliphatic rings. The van der Waals surface area contributed by atoms with Crippen LogP contribution in [0.2, 0.25) is 0 Å². The van der Waals surface area contributed by atoms with Crippen LogP contribution in [0.1, 0.15) is 36.5 Å². The summed E-state index contributed by atoms with van der Waals surface area (Å²) in [6.07, 6.45) is -0.159. The summed E-state index contributed by atoms with van der Waals surface area (Å²) in [5, 5.41) is 11.8. The van der Waals surface area contributed by atoms with Gasteiger partial charge in [-0.3, -0.25) is 14.4 Å². The topological polar surface area (TPSA) is 135 Å². The van der Waals surface area contributed by atoms with Gasteiger partial charge in [-0.25, -0.2) is 0 Å². The van der Waals surface area contributed by atoms with Crippen LogP contribution in [0.3, 0.4) is 0 Å². The SMILES string of the molecule is CC(C)Oc1ccc(-c2noc(CNC(=O)C[C@@H]3NC(=O)c4ccccc4NC3=O)n2)cc1. The van der Waals surface area contributed by atoms with Crippen LogP contribution in [0.5, 0.6) is 5.75 Å². The first-order valence-corrected chi connectivity index (χ1v) is 10.5. The Balaban J connectivity index is 1.32. The molecule has 0 unspecified atom stereocenters. The largest absolute Gasteiger partial charge is 0.491 e. The summed E-state index contributed by atoms with van der Waals surface area (Å²) in [5.74, 6) is -0.00790. The number of anilines is 1. The Morgan fingerprint density at radius 2 is 1.91 bits per heavy atom. The number of para-hydroxylation sites is 1. The van der Waals surface area contributed by atoms with Crippen LogP contribution >= 0.6 is 0 Å². The highest BCUT2D eigenvalue weighted by atomic mass is 16.5. The van der Waals surface area contributed by atoms with Gasteiger partial charge in [0.25, 0.3) is 5.91 Å². The number of hydrogen-bond acceptors (Lipinski definition) is 7. The van der Waals surface area contributed by atoms with Crippen molar-refractivity contribution in [1.82, 2.24) is 20.8 Å². The van der Waals surface area contributed by atoms with E-state index in [1.165, 1.54) is 0 Å². The van der Waals surface area contributed by atoms with E-state index in [-0.39, 0.29) is 25.0 Å². The van der Waals surface area contributed by atoms with Crippen LogP contribution in [0, 0.1) is 0 Å². The molecule has 0 radical (unpaired) electrons. The summed E-state index contributed by atoms with van der Waals surface area (Å²) in [7, 11) is 0. The molecule has 0 saturated carbocycles. The van der Waals surface area contributed by atoms with Gasteiger partial charge in [-0.1, -0.05) is 17.3 Å². The highest BCUT2D eigenvalue weighted by molar-refractivity contribution is 6.10. The Morgan fingerprint density at radius 3 is 2.67 bits per heavy atom. The highest BCUT2D eigenvalue weighted by Gasteiger charge is 2.29. The number of carbonyl (C=O) groups is 3. The zero-order chi connectivity index (χ0) is 23.4. The van der Waals surface area contributed by atoms with Crippen LogP contribution in [-0.2, 0) is 16.1 Å². The summed E-state index contributed by atoms with van der Waals surface area (Å²) in [6, 6.07) is 12.9. The van der Waals surface area contributed by atoms with E-state index >= 15 is 0 Å². The molecule has 3 N–H and O–H groups in total. The van der Waals surface area contributed by atoms with Crippen molar-refractivity contribution in [2.75, 3.05) is 5.32 Å². The number of nitrogens with one attached hydrogen (secondary N) is 3. The van der Waals surface area contributed by atoms with Crippen LogP contribution in [0.4, 0.5) is 5.69 Å². The van der Waals surface area contributed by atoms with E-state index in [4.69, 9.17) is 9.26 Å². The quantitative estimate of drug-likeness (QED) is 0.503. The van der Waals surface area contributed by atoms with E-state index in [1.807, 2.05) is 38.1 Å². The van der Waals surface area contributed by atoms with Crippen molar-refractivity contribution in [1.29, 1.82) is 0 Å². The monoisotopic (exact) mass is 449 g/mol. The second-order valence-electron chi connectivity index (χ2n) is 7.74. The molecule has 3 aromatic rings. The molecule has 10 heteroatoms. The number of rotatable bonds is 7. The van der Waals surface area contributed by atoms with Gasteiger partial charge < -0.3 is 25.2 Å². The number of hydrogen-bond donors (Lipinski definition) is 3. The Bertz CT molecular complexity index is 1170. The van der Waals surface area contributed by atoms with Gasteiger partial charge in [0.1, 0.15) is 11.8 Å². The molecule has 10 nitrogen and oxygen atoms in total. The molecule has 0 bridgehead atoms. The van der Waals surface area contributed by atoms with Gasteiger partial charge in [0.2, 0.25) is 23.5 Å². The third kappa shape index (κ3) is 5.35. The lowest BCUT2D eigenvalue weighted by atomic mass is 10.1. The van der Waals surface area contributed by atoms with Crippen LogP contribution < -0.4 is 20.7 Å². The molecule has 4 rings (SSSR count). The second kappa shape index (κ2) is 9.51. The van der Waals surface area contributed by atoms with Crippen LogP contribution in [-0.4, -0.2) is 40.0 Å². The molecule has 3 amide bonds. The molecular formula is C23H23N5O5. The third-order valence-corrected chi connectivity index (χ3v) is 4.83. The van der Waals surface area contributed by atoms with Gasteiger partial charge in [0, 0.05) is 5.56 Å². The number of carbonyl (C=O) groups excluding carboxylic acids is 3. The van der Waals surface area contributed by atoms with E-state index in [9.17, 15) is 14.4 Å². The fourth-order valence-corrected chi connectivity index (χ4v) is 3.29. The summed E-state index contributed by atoms with van der Waals surface area (Å²) in [5.41, 5.74) is 1.49. The first kappa shape index (κ1) is 22.0. The molecular weight excluding hydrogens is 426 g/mol. The van der Waals surface area contributed by atoms with Crippen molar-refractivity contribution in [3.8, 4) is 17.1 Å². The van der Waals surface area contributed by atoms with E-state index in [2.05, 4.69) is 26.1 Å². The van der Waals surface area contributed by atoms with Crippen LogP contribution in [0.15, 0.2) is 53.1 Å². The van der Waals surface area contributed by atoms with E-state index in [0.717, 1.165) is 11.3 Å². The van der Waals surface area contributed by atoms with Crippen molar-refractivity contribution in [3.05, 3.63) is 60.0 Å². The molecule has 2 aromatic carbocycles. The van der Waals surface area contributed by atoms with E-state index < -0.39 is 23.8 Å². The zero-order valence-electron chi connectivity index (χ0n) is 18.1. The second-order valence-corrected chi connectivity index (χ2v) is 7.74. The number of benzene rings is 2. The number of nitrogens with zero attached hydrogens (tertiary/aromatic N) is 2. The van der Waals surface area contributed by atoms with Crippen molar-refractivity contribution in [2.24, 2.45) is 0 Å². The maximum Gasteiger partial charge on any atom is 0.254 e. The predicted octanol–water partition coefficient (Wildman–Crippen LogP) is 2.28. The molecule has 0 spiro atoms. The van der Waals surface area contributed by atoms with Crippen molar-refractivity contribution in [2.45, 2.75) is 39.0 Å². The molecule has 2 heterocycles. The molecule has 33 heavy (non-hydrogen) atoms. The normalized spacial score (nSPS) is 15.3.